The highest BCUT2D eigenvalue weighted by molar-refractivity contribution is 5.08. The number of nitrogens with zero attached hydrogens (tertiary/aromatic N) is 2. The molecular formula is C13H21N3. The van der Waals surface area contributed by atoms with Crippen LogP contribution in [0.25, 0.3) is 0 Å². The molecule has 0 amide bonds. The Bertz CT molecular complexity index is 312. The van der Waals surface area contributed by atoms with E-state index in [1.54, 1.807) is 0 Å². The second-order valence-electron chi connectivity index (χ2n) is 4.65. The van der Waals surface area contributed by atoms with E-state index in [-0.39, 0.29) is 0 Å². The summed E-state index contributed by atoms with van der Waals surface area (Å²) in [4.78, 5) is 6.72. The second kappa shape index (κ2) is 5.41. The van der Waals surface area contributed by atoms with Gasteiger partial charge in [-0.1, -0.05) is 13.0 Å². The highest BCUT2D eigenvalue weighted by Crippen LogP contribution is 2.12. The van der Waals surface area contributed by atoms with Gasteiger partial charge in [0.2, 0.25) is 0 Å². The molecule has 1 fully saturated rings. The van der Waals surface area contributed by atoms with Crippen molar-refractivity contribution in [1.29, 1.82) is 0 Å². The summed E-state index contributed by atoms with van der Waals surface area (Å²) < 4.78 is 0. The van der Waals surface area contributed by atoms with Gasteiger partial charge in [0.1, 0.15) is 0 Å². The van der Waals surface area contributed by atoms with Gasteiger partial charge >= 0.3 is 0 Å². The van der Waals surface area contributed by atoms with Crippen molar-refractivity contribution < 1.29 is 0 Å². The normalized spacial score (nSPS) is 26.9. The van der Waals surface area contributed by atoms with Crippen LogP contribution in [-0.4, -0.2) is 35.1 Å². The Balaban J connectivity index is 1.97. The van der Waals surface area contributed by atoms with Crippen molar-refractivity contribution in [1.82, 2.24) is 15.2 Å². The molecule has 0 radical (unpaired) electrons. The third-order valence-corrected chi connectivity index (χ3v) is 3.38. The van der Waals surface area contributed by atoms with Gasteiger partial charge in [0, 0.05) is 44.1 Å². The molecule has 2 atom stereocenters. The van der Waals surface area contributed by atoms with Gasteiger partial charge in [0.15, 0.2) is 0 Å². The van der Waals surface area contributed by atoms with E-state index in [4.69, 9.17) is 0 Å². The SMILES string of the molecule is CCC1CN(Cc2cccnc2)C(C)CN1. The number of hydrogen-bond acceptors (Lipinski definition) is 3. The summed E-state index contributed by atoms with van der Waals surface area (Å²) in [5.41, 5.74) is 1.31. The highest BCUT2D eigenvalue weighted by Gasteiger charge is 2.23. The van der Waals surface area contributed by atoms with E-state index in [0.29, 0.717) is 12.1 Å². The van der Waals surface area contributed by atoms with E-state index in [0.717, 1.165) is 19.6 Å². The fraction of sp³-hybridized carbons (Fsp3) is 0.615. The number of rotatable bonds is 3. The van der Waals surface area contributed by atoms with Gasteiger partial charge in [0.05, 0.1) is 0 Å². The van der Waals surface area contributed by atoms with Crippen molar-refractivity contribution in [3.63, 3.8) is 0 Å². The maximum absolute atomic E-state index is 4.17. The largest absolute Gasteiger partial charge is 0.311 e. The summed E-state index contributed by atoms with van der Waals surface area (Å²) >= 11 is 0. The van der Waals surface area contributed by atoms with Gasteiger partial charge in [0.25, 0.3) is 0 Å². The zero-order valence-corrected chi connectivity index (χ0v) is 10.2. The van der Waals surface area contributed by atoms with Crippen LogP contribution < -0.4 is 5.32 Å². The first-order valence-electron chi connectivity index (χ1n) is 6.16. The molecule has 0 aromatic carbocycles. The first-order valence-corrected chi connectivity index (χ1v) is 6.16. The predicted octanol–water partition coefficient (Wildman–Crippen LogP) is 1.65. The van der Waals surface area contributed by atoms with Crippen LogP contribution in [0.1, 0.15) is 25.8 Å². The van der Waals surface area contributed by atoms with Gasteiger partial charge in [-0.2, -0.15) is 0 Å². The van der Waals surface area contributed by atoms with Crippen LogP contribution in [0.15, 0.2) is 24.5 Å². The molecule has 1 aromatic heterocycles. The molecule has 3 heteroatoms. The Labute approximate surface area is 97.9 Å². The average Bonchev–Trinajstić information content (AvgIpc) is 2.33. The standard InChI is InChI=1S/C13H21N3/c1-3-13-10-16(11(2)7-15-13)9-12-5-4-6-14-8-12/h4-6,8,11,13,15H,3,7,9-10H2,1-2H3. The average molecular weight is 219 g/mol. The highest BCUT2D eigenvalue weighted by atomic mass is 15.2. The maximum Gasteiger partial charge on any atom is 0.0312 e. The fourth-order valence-corrected chi connectivity index (χ4v) is 2.21. The Morgan fingerprint density at radius 2 is 2.44 bits per heavy atom. The molecule has 1 aromatic rings. The number of aromatic nitrogens is 1. The molecule has 16 heavy (non-hydrogen) atoms. The monoisotopic (exact) mass is 219 g/mol. The van der Waals surface area contributed by atoms with E-state index >= 15 is 0 Å². The van der Waals surface area contributed by atoms with Gasteiger partial charge in [-0.15, -0.1) is 0 Å². The molecule has 1 saturated heterocycles. The molecule has 0 spiro atoms. The van der Waals surface area contributed by atoms with Crippen LogP contribution in [0.2, 0.25) is 0 Å². The van der Waals surface area contributed by atoms with Crippen LogP contribution in [0.4, 0.5) is 0 Å². The minimum atomic E-state index is 0.614. The molecule has 2 rings (SSSR count). The molecule has 2 unspecified atom stereocenters. The molecule has 1 aliphatic rings. The van der Waals surface area contributed by atoms with Crippen molar-refractivity contribution in [2.75, 3.05) is 13.1 Å². The lowest BCUT2D eigenvalue weighted by molar-refractivity contribution is 0.131. The van der Waals surface area contributed by atoms with Gasteiger partial charge in [-0.3, -0.25) is 9.88 Å². The smallest absolute Gasteiger partial charge is 0.0312 e. The molecule has 0 saturated carbocycles. The minimum absolute atomic E-state index is 0.614. The molecule has 0 bridgehead atoms. The molecule has 88 valence electrons. The van der Waals surface area contributed by atoms with Gasteiger partial charge in [-0.25, -0.2) is 0 Å². The lowest BCUT2D eigenvalue weighted by Crippen LogP contribution is -2.54. The Morgan fingerprint density at radius 3 is 3.12 bits per heavy atom. The molecule has 0 aliphatic carbocycles. The Hall–Kier alpha value is -0.930. The lowest BCUT2D eigenvalue weighted by atomic mass is 10.1. The third kappa shape index (κ3) is 2.80. The van der Waals surface area contributed by atoms with E-state index in [1.165, 1.54) is 12.0 Å². The lowest BCUT2D eigenvalue weighted by Gasteiger charge is -2.38. The van der Waals surface area contributed by atoms with Crippen molar-refractivity contribution in [3.05, 3.63) is 30.1 Å². The summed E-state index contributed by atoms with van der Waals surface area (Å²) in [6.07, 6.45) is 5.01. The van der Waals surface area contributed by atoms with Crippen LogP contribution >= 0.6 is 0 Å². The summed E-state index contributed by atoms with van der Waals surface area (Å²) in [6.45, 7) is 7.80. The van der Waals surface area contributed by atoms with E-state index in [9.17, 15) is 0 Å². The van der Waals surface area contributed by atoms with Crippen LogP contribution in [0.3, 0.4) is 0 Å². The Morgan fingerprint density at radius 1 is 1.56 bits per heavy atom. The van der Waals surface area contributed by atoms with Crippen molar-refractivity contribution in [2.45, 2.75) is 38.9 Å². The van der Waals surface area contributed by atoms with Crippen molar-refractivity contribution in [3.8, 4) is 0 Å². The summed E-state index contributed by atoms with van der Waals surface area (Å²) in [7, 11) is 0. The first kappa shape index (κ1) is 11.6. The topological polar surface area (TPSA) is 28.2 Å². The van der Waals surface area contributed by atoms with E-state index in [2.05, 4.69) is 35.1 Å². The van der Waals surface area contributed by atoms with E-state index in [1.807, 2.05) is 18.5 Å². The number of pyridine rings is 1. The zero-order chi connectivity index (χ0) is 11.4. The summed E-state index contributed by atoms with van der Waals surface area (Å²) in [5.74, 6) is 0. The van der Waals surface area contributed by atoms with Crippen molar-refractivity contribution >= 4 is 0 Å². The molecule has 2 heterocycles. The predicted molar refractivity (Wildman–Crippen MR) is 66.2 cm³/mol. The van der Waals surface area contributed by atoms with Gasteiger partial charge in [-0.05, 0) is 25.0 Å². The van der Waals surface area contributed by atoms with Crippen LogP contribution in [0, 0.1) is 0 Å². The number of hydrogen-bond donors (Lipinski definition) is 1. The molecule has 1 N–H and O–H groups in total. The van der Waals surface area contributed by atoms with E-state index < -0.39 is 0 Å². The number of piperazine rings is 1. The molecule has 1 aliphatic heterocycles. The quantitative estimate of drug-likeness (QED) is 0.838. The second-order valence-corrected chi connectivity index (χ2v) is 4.65. The van der Waals surface area contributed by atoms with Crippen LogP contribution in [0.5, 0.6) is 0 Å². The minimum Gasteiger partial charge on any atom is -0.311 e. The van der Waals surface area contributed by atoms with Gasteiger partial charge < -0.3 is 5.32 Å². The molecular weight excluding hydrogens is 198 g/mol. The van der Waals surface area contributed by atoms with Crippen LogP contribution in [-0.2, 0) is 6.54 Å². The Kier molecular flexibility index (Phi) is 3.91. The third-order valence-electron chi connectivity index (χ3n) is 3.38. The first-order chi connectivity index (χ1) is 7.79. The molecule has 3 nitrogen and oxygen atoms in total. The summed E-state index contributed by atoms with van der Waals surface area (Å²) in [5, 5.41) is 3.58. The maximum atomic E-state index is 4.17. The summed E-state index contributed by atoms with van der Waals surface area (Å²) in [6, 6.07) is 5.43. The van der Waals surface area contributed by atoms with Crippen molar-refractivity contribution in [2.24, 2.45) is 0 Å². The fourth-order valence-electron chi connectivity index (χ4n) is 2.21. The zero-order valence-electron chi connectivity index (χ0n) is 10.2. The number of nitrogens with one attached hydrogen (secondary N) is 1.